The minimum absolute atomic E-state index is 0.0438. The molecule has 2 amide bonds. The number of carbonyl (C=O) groups is 1. The number of carbonyl (C=O) groups excluding carboxylic acids is 1. The van der Waals surface area contributed by atoms with Gasteiger partial charge in [-0.25, -0.2) is 14.8 Å². The summed E-state index contributed by atoms with van der Waals surface area (Å²) in [5, 5.41) is 6.10. The summed E-state index contributed by atoms with van der Waals surface area (Å²) in [6.07, 6.45) is 6.78. The van der Waals surface area contributed by atoms with Gasteiger partial charge in [-0.3, -0.25) is 0 Å². The summed E-state index contributed by atoms with van der Waals surface area (Å²) >= 11 is 1.98. The minimum atomic E-state index is -0.0438. The molecule has 2 aliphatic rings. The molecule has 1 aromatic heterocycles. The highest BCUT2D eigenvalue weighted by Crippen LogP contribution is 2.22. The average molecular weight is 321 g/mol. The second-order valence-electron chi connectivity index (χ2n) is 5.92. The largest absolute Gasteiger partial charge is 0.339 e. The fourth-order valence-corrected chi connectivity index (χ4v) is 4.23. The first-order valence-corrected chi connectivity index (χ1v) is 9.11. The first kappa shape index (κ1) is 15.4. The Morgan fingerprint density at radius 2 is 2.23 bits per heavy atom. The van der Waals surface area contributed by atoms with E-state index in [1.165, 1.54) is 17.9 Å². The molecule has 6 nitrogen and oxygen atoms in total. The number of nitrogens with one attached hydrogen (secondary N) is 2. The predicted molar refractivity (Wildman–Crippen MR) is 89.2 cm³/mol. The third kappa shape index (κ3) is 4.25. The van der Waals surface area contributed by atoms with Crippen molar-refractivity contribution >= 4 is 23.7 Å². The summed E-state index contributed by atoms with van der Waals surface area (Å²) in [6.45, 7) is 2.51. The topological polar surface area (TPSA) is 70.2 Å². The minimum Gasteiger partial charge on any atom is -0.339 e. The van der Waals surface area contributed by atoms with Crippen LogP contribution in [0.5, 0.6) is 0 Å². The zero-order chi connectivity index (χ0) is 15.2. The van der Waals surface area contributed by atoms with Crippen LogP contribution in [0.3, 0.4) is 0 Å². The number of hydrogen-bond donors (Lipinski definition) is 2. The molecule has 7 heteroatoms. The molecule has 0 bridgehead atoms. The molecular weight excluding hydrogens is 298 g/mol. The van der Waals surface area contributed by atoms with Gasteiger partial charge in [-0.15, -0.1) is 0 Å². The zero-order valence-electron chi connectivity index (χ0n) is 12.7. The highest BCUT2D eigenvalue weighted by atomic mass is 32.2. The van der Waals surface area contributed by atoms with Gasteiger partial charge in [0.1, 0.15) is 0 Å². The maximum Gasteiger partial charge on any atom is 0.315 e. The van der Waals surface area contributed by atoms with Crippen molar-refractivity contribution in [1.29, 1.82) is 0 Å². The normalized spacial score (nSPS) is 25.0. The number of urea groups is 1. The number of rotatable bonds is 4. The van der Waals surface area contributed by atoms with E-state index >= 15 is 0 Å². The first-order chi connectivity index (χ1) is 10.8. The standard InChI is InChI=1S/C15H23N5OS/c21-15(18-9-12-4-8-22-11-12)19-13-3-1-7-20(10-13)14-16-5-2-6-17-14/h2,5-6,12-13H,1,3-4,7-11H2,(H2,18,19,21)/t12-,13-/m1/s1. The van der Waals surface area contributed by atoms with Crippen molar-refractivity contribution in [2.75, 3.05) is 36.0 Å². The van der Waals surface area contributed by atoms with Crippen molar-refractivity contribution in [2.24, 2.45) is 5.92 Å². The van der Waals surface area contributed by atoms with Crippen molar-refractivity contribution in [3.8, 4) is 0 Å². The Morgan fingerprint density at radius 3 is 3.00 bits per heavy atom. The third-order valence-corrected chi connectivity index (χ3v) is 5.40. The van der Waals surface area contributed by atoms with E-state index in [9.17, 15) is 4.79 Å². The van der Waals surface area contributed by atoms with Gasteiger partial charge in [-0.1, -0.05) is 0 Å². The molecule has 0 saturated carbocycles. The van der Waals surface area contributed by atoms with Crippen LogP contribution in [0.4, 0.5) is 10.7 Å². The Bertz CT molecular complexity index is 480. The van der Waals surface area contributed by atoms with Crippen LogP contribution >= 0.6 is 11.8 Å². The predicted octanol–water partition coefficient (Wildman–Crippen LogP) is 1.50. The second kappa shape index (κ2) is 7.67. The second-order valence-corrected chi connectivity index (χ2v) is 7.07. The van der Waals surface area contributed by atoms with Crippen LogP contribution in [0.1, 0.15) is 19.3 Å². The third-order valence-electron chi connectivity index (χ3n) is 4.17. The quantitative estimate of drug-likeness (QED) is 0.879. The molecule has 0 aliphatic carbocycles. The van der Waals surface area contributed by atoms with E-state index < -0.39 is 0 Å². The van der Waals surface area contributed by atoms with Crippen molar-refractivity contribution < 1.29 is 4.79 Å². The number of thioether (sulfide) groups is 1. The van der Waals surface area contributed by atoms with Gasteiger partial charge in [0.15, 0.2) is 0 Å². The molecule has 2 atom stereocenters. The van der Waals surface area contributed by atoms with Crippen molar-refractivity contribution in [1.82, 2.24) is 20.6 Å². The fourth-order valence-electron chi connectivity index (χ4n) is 2.95. The van der Waals surface area contributed by atoms with Crippen LogP contribution in [0, 0.1) is 5.92 Å². The van der Waals surface area contributed by atoms with E-state index in [1.54, 1.807) is 12.4 Å². The first-order valence-electron chi connectivity index (χ1n) is 7.95. The number of aromatic nitrogens is 2. The molecule has 2 fully saturated rings. The lowest BCUT2D eigenvalue weighted by Gasteiger charge is -2.33. The van der Waals surface area contributed by atoms with E-state index in [4.69, 9.17) is 0 Å². The molecule has 2 N–H and O–H groups in total. The summed E-state index contributed by atoms with van der Waals surface area (Å²) in [4.78, 5) is 22.8. The number of nitrogens with zero attached hydrogens (tertiary/aromatic N) is 3. The molecule has 3 rings (SSSR count). The lowest BCUT2D eigenvalue weighted by atomic mass is 10.1. The average Bonchev–Trinajstić information content (AvgIpc) is 3.08. The molecule has 0 radical (unpaired) electrons. The zero-order valence-corrected chi connectivity index (χ0v) is 13.5. The van der Waals surface area contributed by atoms with Crippen LogP contribution in [0.25, 0.3) is 0 Å². The molecule has 2 aliphatic heterocycles. The highest BCUT2D eigenvalue weighted by molar-refractivity contribution is 7.99. The maximum absolute atomic E-state index is 12.0. The SMILES string of the molecule is O=C(NC[C@H]1CCSC1)N[C@@H]1CCCN(c2ncccn2)C1. The number of piperidine rings is 1. The summed E-state index contributed by atoms with van der Waals surface area (Å²) in [6, 6.07) is 1.94. The number of amides is 2. The van der Waals surface area contributed by atoms with Crippen molar-refractivity contribution in [3.05, 3.63) is 18.5 Å². The Labute approximate surface area is 135 Å². The summed E-state index contributed by atoms with van der Waals surface area (Å²) in [5.41, 5.74) is 0. The van der Waals surface area contributed by atoms with E-state index in [0.717, 1.165) is 38.4 Å². The van der Waals surface area contributed by atoms with E-state index in [2.05, 4.69) is 25.5 Å². The van der Waals surface area contributed by atoms with Crippen LogP contribution in [-0.4, -0.2) is 53.2 Å². The smallest absolute Gasteiger partial charge is 0.315 e. The van der Waals surface area contributed by atoms with Gasteiger partial charge in [-0.2, -0.15) is 11.8 Å². The van der Waals surface area contributed by atoms with Gasteiger partial charge in [0.2, 0.25) is 5.95 Å². The van der Waals surface area contributed by atoms with Crippen molar-refractivity contribution in [2.45, 2.75) is 25.3 Å². The molecule has 22 heavy (non-hydrogen) atoms. The van der Waals surface area contributed by atoms with Gasteiger partial charge < -0.3 is 15.5 Å². The van der Waals surface area contributed by atoms with Gasteiger partial charge in [-0.05, 0) is 42.8 Å². The lowest BCUT2D eigenvalue weighted by molar-refractivity contribution is 0.233. The summed E-state index contributed by atoms with van der Waals surface area (Å²) in [7, 11) is 0. The van der Waals surface area contributed by atoms with Gasteiger partial charge >= 0.3 is 6.03 Å². The molecule has 0 unspecified atom stereocenters. The van der Waals surface area contributed by atoms with E-state index in [1.807, 2.05) is 17.8 Å². The van der Waals surface area contributed by atoms with Gasteiger partial charge in [0.25, 0.3) is 0 Å². The molecule has 2 saturated heterocycles. The Kier molecular flexibility index (Phi) is 5.37. The van der Waals surface area contributed by atoms with Crippen LogP contribution in [-0.2, 0) is 0 Å². The van der Waals surface area contributed by atoms with E-state index in [-0.39, 0.29) is 12.1 Å². The fraction of sp³-hybridized carbons (Fsp3) is 0.667. The number of hydrogen-bond acceptors (Lipinski definition) is 5. The van der Waals surface area contributed by atoms with Gasteiger partial charge in [0.05, 0.1) is 0 Å². The molecule has 3 heterocycles. The maximum atomic E-state index is 12.0. The number of anilines is 1. The van der Waals surface area contributed by atoms with Crippen LogP contribution in [0.2, 0.25) is 0 Å². The Morgan fingerprint density at radius 1 is 1.36 bits per heavy atom. The molecule has 0 aromatic carbocycles. The summed E-state index contributed by atoms with van der Waals surface area (Å²) in [5.74, 6) is 3.78. The van der Waals surface area contributed by atoms with Crippen LogP contribution < -0.4 is 15.5 Å². The molecule has 120 valence electrons. The van der Waals surface area contributed by atoms with Crippen molar-refractivity contribution in [3.63, 3.8) is 0 Å². The highest BCUT2D eigenvalue weighted by Gasteiger charge is 2.23. The van der Waals surface area contributed by atoms with Gasteiger partial charge in [0, 0.05) is 38.1 Å². The molecule has 1 aromatic rings. The van der Waals surface area contributed by atoms with Crippen LogP contribution in [0.15, 0.2) is 18.5 Å². The monoisotopic (exact) mass is 321 g/mol. The lowest BCUT2D eigenvalue weighted by Crippen LogP contribution is -2.51. The molecular formula is C15H23N5OS. The Hall–Kier alpha value is -1.50. The summed E-state index contributed by atoms with van der Waals surface area (Å²) < 4.78 is 0. The van der Waals surface area contributed by atoms with E-state index in [0.29, 0.717) is 5.92 Å². The molecule has 0 spiro atoms. The Balaban J connectivity index is 1.44.